The Labute approximate surface area is 100 Å². The van der Waals surface area contributed by atoms with Crippen LogP contribution in [0.5, 0.6) is 0 Å². The van der Waals surface area contributed by atoms with Gasteiger partial charge >= 0.3 is 0 Å². The Morgan fingerprint density at radius 3 is 3.25 bits per heavy atom. The summed E-state index contributed by atoms with van der Waals surface area (Å²) in [5.74, 6) is 0. The normalized spacial score (nSPS) is 20.7. The topological polar surface area (TPSA) is 29.9 Å². The Morgan fingerprint density at radius 2 is 2.50 bits per heavy atom. The predicted octanol–water partition coefficient (Wildman–Crippen LogP) is 2.02. The Morgan fingerprint density at radius 1 is 1.56 bits per heavy atom. The molecule has 84 valence electrons. The van der Waals surface area contributed by atoms with Gasteiger partial charge in [-0.2, -0.15) is 0 Å². The van der Waals surface area contributed by atoms with Crippen LogP contribution in [0.2, 0.25) is 0 Å². The van der Waals surface area contributed by atoms with Gasteiger partial charge in [0.25, 0.3) is 0 Å². The van der Waals surface area contributed by atoms with E-state index in [1.165, 1.54) is 18.5 Å². The largest absolute Gasteiger partial charge is 0.314 e. The molecule has 16 heavy (non-hydrogen) atoms. The maximum absolute atomic E-state index is 4.54. The van der Waals surface area contributed by atoms with E-state index in [2.05, 4.69) is 35.2 Å². The number of fused-ring (bicyclic) bond motifs is 1. The maximum Gasteiger partial charge on any atom is 0.0893 e. The third kappa shape index (κ3) is 1.72. The van der Waals surface area contributed by atoms with Gasteiger partial charge in [-0.25, -0.2) is 0 Å². The number of hydrogen-bond donors (Lipinski definition) is 2. The SMILES string of the molecule is Sn1c(CC2CCCN2)cc2ncccc21. The molecule has 4 heteroatoms. The van der Waals surface area contributed by atoms with Crippen LogP contribution >= 0.6 is 12.8 Å². The molecule has 0 radical (unpaired) electrons. The van der Waals surface area contributed by atoms with Gasteiger partial charge in [0.2, 0.25) is 0 Å². The van der Waals surface area contributed by atoms with Gasteiger partial charge in [0.1, 0.15) is 0 Å². The van der Waals surface area contributed by atoms with E-state index in [0.717, 1.165) is 24.0 Å². The molecule has 1 aliphatic heterocycles. The van der Waals surface area contributed by atoms with Crippen LogP contribution in [0.15, 0.2) is 24.4 Å². The van der Waals surface area contributed by atoms with Gasteiger partial charge in [-0.15, -0.1) is 0 Å². The second-order valence-electron chi connectivity index (χ2n) is 4.35. The summed E-state index contributed by atoms with van der Waals surface area (Å²) in [6.07, 6.45) is 5.42. The quantitative estimate of drug-likeness (QED) is 0.777. The third-order valence-electron chi connectivity index (χ3n) is 3.24. The zero-order valence-electron chi connectivity index (χ0n) is 9.06. The lowest BCUT2D eigenvalue weighted by molar-refractivity contribution is 0.595. The molecule has 1 N–H and O–H groups in total. The Kier molecular flexibility index (Phi) is 2.61. The van der Waals surface area contributed by atoms with Crippen molar-refractivity contribution in [1.82, 2.24) is 14.3 Å². The van der Waals surface area contributed by atoms with Crippen LogP contribution in [0, 0.1) is 0 Å². The summed E-state index contributed by atoms with van der Waals surface area (Å²) < 4.78 is 1.96. The molecule has 0 aliphatic carbocycles. The number of pyridine rings is 1. The highest BCUT2D eigenvalue weighted by atomic mass is 32.1. The minimum Gasteiger partial charge on any atom is -0.314 e. The number of nitrogens with one attached hydrogen (secondary N) is 1. The van der Waals surface area contributed by atoms with Crippen molar-refractivity contribution in [2.24, 2.45) is 0 Å². The molecule has 2 aromatic rings. The fraction of sp³-hybridized carbons (Fsp3) is 0.417. The minimum atomic E-state index is 0.607. The Hall–Kier alpha value is -1.00. The van der Waals surface area contributed by atoms with E-state index in [0.29, 0.717) is 6.04 Å². The second-order valence-corrected chi connectivity index (χ2v) is 4.75. The first kappa shape index (κ1) is 10.2. The maximum atomic E-state index is 4.54. The standard InChI is InChI=1S/C12H15N3S/c16-15-10(7-9-3-1-5-13-9)8-11-12(15)4-2-6-14-11/h2,4,6,8-9,13,16H,1,3,5,7H2. The van der Waals surface area contributed by atoms with E-state index in [-0.39, 0.29) is 0 Å². The molecule has 0 spiro atoms. The van der Waals surface area contributed by atoms with Crippen LogP contribution < -0.4 is 5.32 Å². The summed E-state index contributed by atoms with van der Waals surface area (Å²) in [6.45, 7) is 1.15. The van der Waals surface area contributed by atoms with E-state index in [1.54, 1.807) is 0 Å². The van der Waals surface area contributed by atoms with Gasteiger partial charge in [-0.3, -0.25) is 8.96 Å². The molecule has 3 nitrogen and oxygen atoms in total. The summed E-state index contributed by atoms with van der Waals surface area (Å²) >= 11 is 4.54. The predicted molar refractivity (Wildman–Crippen MR) is 68.8 cm³/mol. The number of hydrogen-bond acceptors (Lipinski definition) is 3. The highest BCUT2D eigenvalue weighted by Crippen LogP contribution is 2.21. The smallest absolute Gasteiger partial charge is 0.0893 e. The van der Waals surface area contributed by atoms with E-state index < -0.39 is 0 Å². The number of nitrogens with zero attached hydrogens (tertiary/aromatic N) is 2. The van der Waals surface area contributed by atoms with Gasteiger partial charge in [0.15, 0.2) is 0 Å². The van der Waals surface area contributed by atoms with Crippen LogP contribution in [-0.2, 0) is 6.42 Å². The molecule has 1 fully saturated rings. The summed E-state index contributed by atoms with van der Waals surface area (Å²) in [4.78, 5) is 4.35. The highest BCUT2D eigenvalue weighted by Gasteiger charge is 2.17. The first-order chi connectivity index (χ1) is 7.84. The van der Waals surface area contributed by atoms with Crippen molar-refractivity contribution in [3.05, 3.63) is 30.1 Å². The fourth-order valence-electron chi connectivity index (χ4n) is 2.40. The third-order valence-corrected chi connectivity index (χ3v) is 3.71. The number of aromatic nitrogens is 2. The summed E-state index contributed by atoms with van der Waals surface area (Å²) in [6, 6.07) is 6.76. The molecule has 3 rings (SSSR count). The average molecular weight is 233 g/mol. The van der Waals surface area contributed by atoms with Crippen molar-refractivity contribution in [2.45, 2.75) is 25.3 Å². The molecule has 0 bridgehead atoms. The van der Waals surface area contributed by atoms with Crippen molar-refractivity contribution in [3.8, 4) is 0 Å². The van der Waals surface area contributed by atoms with Crippen molar-refractivity contribution < 1.29 is 0 Å². The molecule has 3 heterocycles. The molecule has 0 saturated carbocycles. The molecular formula is C12H15N3S. The Balaban J connectivity index is 1.94. The first-order valence-electron chi connectivity index (χ1n) is 5.72. The molecule has 0 aromatic carbocycles. The molecule has 2 aromatic heterocycles. The van der Waals surface area contributed by atoms with Crippen molar-refractivity contribution in [2.75, 3.05) is 6.54 Å². The summed E-state index contributed by atoms with van der Waals surface area (Å²) in [7, 11) is 0. The molecule has 0 amide bonds. The molecule has 1 unspecified atom stereocenters. The second kappa shape index (κ2) is 4.11. The van der Waals surface area contributed by atoms with Crippen LogP contribution in [0.4, 0.5) is 0 Å². The number of rotatable bonds is 2. The lowest BCUT2D eigenvalue weighted by Gasteiger charge is -2.09. The van der Waals surface area contributed by atoms with E-state index in [9.17, 15) is 0 Å². The number of thiol groups is 1. The van der Waals surface area contributed by atoms with Crippen LogP contribution in [0.25, 0.3) is 11.0 Å². The van der Waals surface area contributed by atoms with E-state index >= 15 is 0 Å². The van der Waals surface area contributed by atoms with E-state index in [1.807, 2.05) is 16.2 Å². The van der Waals surface area contributed by atoms with Gasteiger partial charge in [0.05, 0.1) is 11.0 Å². The van der Waals surface area contributed by atoms with Crippen molar-refractivity contribution in [1.29, 1.82) is 0 Å². The Bertz CT molecular complexity index is 500. The fourth-order valence-corrected chi connectivity index (χ4v) is 2.71. The lowest BCUT2D eigenvalue weighted by Crippen LogP contribution is -2.24. The summed E-state index contributed by atoms with van der Waals surface area (Å²) in [5, 5.41) is 3.51. The first-order valence-corrected chi connectivity index (χ1v) is 6.12. The van der Waals surface area contributed by atoms with Crippen LogP contribution in [0.1, 0.15) is 18.5 Å². The zero-order valence-corrected chi connectivity index (χ0v) is 9.95. The average Bonchev–Trinajstić information content (AvgIpc) is 2.90. The van der Waals surface area contributed by atoms with Gasteiger partial charge in [-0.05, 0) is 37.6 Å². The van der Waals surface area contributed by atoms with Crippen LogP contribution in [0.3, 0.4) is 0 Å². The minimum absolute atomic E-state index is 0.607. The zero-order chi connectivity index (χ0) is 11.0. The molecule has 1 aliphatic rings. The highest BCUT2D eigenvalue weighted by molar-refractivity contribution is 7.78. The van der Waals surface area contributed by atoms with E-state index in [4.69, 9.17) is 0 Å². The van der Waals surface area contributed by atoms with Crippen LogP contribution in [-0.4, -0.2) is 21.5 Å². The monoisotopic (exact) mass is 233 g/mol. The lowest BCUT2D eigenvalue weighted by atomic mass is 10.1. The molecule has 1 saturated heterocycles. The molecule has 1 atom stereocenters. The summed E-state index contributed by atoms with van der Waals surface area (Å²) in [5.41, 5.74) is 3.38. The van der Waals surface area contributed by atoms with Gasteiger partial charge < -0.3 is 5.32 Å². The van der Waals surface area contributed by atoms with Gasteiger partial charge in [-0.1, -0.05) is 12.8 Å². The molecular weight excluding hydrogens is 218 g/mol. The van der Waals surface area contributed by atoms with Crippen molar-refractivity contribution in [3.63, 3.8) is 0 Å². The van der Waals surface area contributed by atoms with Crippen molar-refractivity contribution >= 4 is 23.8 Å². The van der Waals surface area contributed by atoms with Gasteiger partial charge in [0, 0.05) is 24.4 Å².